The normalized spacial score (nSPS) is 14.4. The van der Waals surface area contributed by atoms with Gasteiger partial charge in [0, 0.05) is 5.56 Å². The fourth-order valence-corrected chi connectivity index (χ4v) is 4.18. The molecule has 4 heteroatoms. The molecule has 0 atom stereocenters. The molecule has 1 heterocycles. The van der Waals surface area contributed by atoms with Crippen molar-refractivity contribution in [2.45, 2.75) is 58.3 Å². The van der Waals surface area contributed by atoms with Crippen molar-refractivity contribution in [3.63, 3.8) is 0 Å². The maximum absolute atomic E-state index is 12.4. The Hall–Kier alpha value is -3.40. The van der Waals surface area contributed by atoms with E-state index < -0.39 is 5.97 Å². The molecule has 34 heavy (non-hydrogen) atoms. The van der Waals surface area contributed by atoms with Crippen LogP contribution < -0.4 is 4.74 Å². The lowest BCUT2D eigenvalue weighted by molar-refractivity contribution is -0.129. The molecule has 0 spiro atoms. The van der Waals surface area contributed by atoms with Gasteiger partial charge in [-0.3, -0.25) is 0 Å². The first-order valence-corrected chi connectivity index (χ1v) is 12.5. The monoisotopic (exact) mass is 455 g/mol. The Labute approximate surface area is 202 Å². The summed E-state index contributed by atoms with van der Waals surface area (Å²) in [4.78, 5) is 16.9. The van der Waals surface area contributed by atoms with E-state index in [2.05, 4.69) is 24.0 Å². The highest BCUT2D eigenvalue weighted by atomic mass is 16.6. The Bertz CT molecular complexity index is 1160. The van der Waals surface area contributed by atoms with Gasteiger partial charge in [-0.05, 0) is 53.1 Å². The van der Waals surface area contributed by atoms with Crippen LogP contribution in [0.3, 0.4) is 0 Å². The van der Waals surface area contributed by atoms with Crippen molar-refractivity contribution < 1.29 is 14.3 Å². The average Bonchev–Trinajstić information content (AvgIpc) is 3.23. The number of rotatable bonds is 12. The van der Waals surface area contributed by atoms with Gasteiger partial charge in [0.25, 0.3) is 0 Å². The molecule has 3 aromatic rings. The number of carbonyl (C=O) groups is 1. The molecule has 0 bridgehead atoms. The lowest BCUT2D eigenvalue weighted by Crippen LogP contribution is -2.05. The second kappa shape index (κ2) is 12.2. The molecule has 3 aromatic carbocycles. The highest BCUT2D eigenvalue weighted by Gasteiger charge is 2.24. The van der Waals surface area contributed by atoms with E-state index in [9.17, 15) is 4.79 Å². The topological polar surface area (TPSA) is 47.9 Å². The number of fused-ring (bicyclic) bond motifs is 1. The number of cyclic esters (lactones) is 1. The van der Waals surface area contributed by atoms with Gasteiger partial charge in [0.15, 0.2) is 5.70 Å². The summed E-state index contributed by atoms with van der Waals surface area (Å²) in [6, 6.07) is 21.7. The molecule has 0 saturated heterocycles. The zero-order chi connectivity index (χ0) is 23.6. The third kappa shape index (κ3) is 6.34. The Morgan fingerprint density at radius 1 is 0.824 bits per heavy atom. The first kappa shape index (κ1) is 23.7. The summed E-state index contributed by atoms with van der Waals surface area (Å²) in [6.45, 7) is 2.97. The number of carbonyl (C=O) groups excluding carboxylic acids is 1. The minimum absolute atomic E-state index is 0.307. The smallest absolute Gasteiger partial charge is 0.363 e. The van der Waals surface area contributed by atoms with Gasteiger partial charge >= 0.3 is 5.97 Å². The van der Waals surface area contributed by atoms with E-state index in [1.165, 1.54) is 44.9 Å². The van der Waals surface area contributed by atoms with E-state index in [0.717, 1.165) is 40.7 Å². The average molecular weight is 456 g/mol. The quantitative estimate of drug-likeness (QED) is 0.160. The summed E-state index contributed by atoms with van der Waals surface area (Å²) in [7, 11) is 0. The molecule has 0 fully saturated rings. The van der Waals surface area contributed by atoms with Crippen molar-refractivity contribution in [2.24, 2.45) is 4.99 Å². The second-order valence-corrected chi connectivity index (χ2v) is 8.75. The molecule has 4 nitrogen and oxygen atoms in total. The molecule has 0 N–H and O–H groups in total. The maximum atomic E-state index is 12.4. The van der Waals surface area contributed by atoms with E-state index in [1.54, 1.807) is 6.08 Å². The number of benzene rings is 3. The van der Waals surface area contributed by atoms with E-state index >= 15 is 0 Å². The van der Waals surface area contributed by atoms with Crippen molar-refractivity contribution in [2.75, 3.05) is 6.61 Å². The van der Waals surface area contributed by atoms with Crippen molar-refractivity contribution in [3.05, 3.63) is 83.6 Å². The SMILES string of the molecule is CCCCCCCCCCOc1ccc(C2=N/C(=C/c3cccc4ccccc34)C(=O)O2)cc1. The summed E-state index contributed by atoms with van der Waals surface area (Å²) in [5.74, 6) is 0.715. The van der Waals surface area contributed by atoms with Gasteiger partial charge in [0.05, 0.1) is 6.61 Å². The minimum atomic E-state index is -0.432. The van der Waals surface area contributed by atoms with Crippen LogP contribution in [-0.4, -0.2) is 18.5 Å². The lowest BCUT2D eigenvalue weighted by atomic mass is 10.0. The zero-order valence-electron chi connectivity index (χ0n) is 20.0. The Balaban J connectivity index is 1.31. The van der Waals surface area contributed by atoms with Crippen LogP contribution in [0.5, 0.6) is 5.75 Å². The number of nitrogens with zero attached hydrogens (tertiary/aromatic N) is 1. The molecule has 0 unspecified atom stereocenters. The van der Waals surface area contributed by atoms with Crippen molar-refractivity contribution in [3.8, 4) is 5.75 Å². The van der Waals surface area contributed by atoms with Gasteiger partial charge in [-0.1, -0.05) is 94.3 Å². The molecular formula is C30H33NO3. The van der Waals surface area contributed by atoms with Gasteiger partial charge < -0.3 is 9.47 Å². The highest BCUT2D eigenvalue weighted by Crippen LogP contribution is 2.25. The molecule has 1 aliphatic heterocycles. The fourth-order valence-electron chi connectivity index (χ4n) is 4.18. The summed E-state index contributed by atoms with van der Waals surface area (Å²) in [5.41, 5.74) is 2.01. The second-order valence-electron chi connectivity index (χ2n) is 8.75. The van der Waals surface area contributed by atoms with Crippen molar-refractivity contribution >= 4 is 28.7 Å². The number of unbranched alkanes of at least 4 members (excludes halogenated alkanes) is 7. The number of aliphatic imine (C=N–C) groups is 1. The number of ether oxygens (including phenoxy) is 2. The third-order valence-corrected chi connectivity index (χ3v) is 6.10. The maximum Gasteiger partial charge on any atom is 0.363 e. The van der Waals surface area contributed by atoms with Crippen LogP contribution in [0.4, 0.5) is 0 Å². The first-order chi connectivity index (χ1) is 16.7. The van der Waals surface area contributed by atoms with E-state index in [-0.39, 0.29) is 0 Å². The van der Waals surface area contributed by atoms with Crippen molar-refractivity contribution in [1.82, 2.24) is 0 Å². The van der Waals surface area contributed by atoms with Crippen molar-refractivity contribution in [1.29, 1.82) is 0 Å². The van der Waals surface area contributed by atoms with E-state index in [4.69, 9.17) is 9.47 Å². The summed E-state index contributed by atoms with van der Waals surface area (Å²) < 4.78 is 11.3. The van der Waals surface area contributed by atoms with Crippen LogP contribution in [0.25, 0.3) is 16.8 Å². The van der Waals surface area contributed by atoms with Gasteiger partial charge in [0.1, 0.15) is 5.75 Å². The molecule has 176 valence electrons. The Kier molecular flexibility index (Phi) is 8.50. The largest absolute Gasteiger partial charge is 0.494 e. The molecule has 0 aliphatic carbocycles. The van der Waals surface area contributed by atoms with Gasteiger partial charge in [-0.15, -0.1) is 0 Å². The number of hydrogen-bond acceptors (Lipinski definition) is 4. The fraction of sp³-hybridized carbons (Fsp3) is 0.333. The Morgan fingerprint density at radius 3 is 2.32 bits per heavy atom. The van der Waals surface area contributed by atoms with Gasteiger partial charge in [0.2, 0.25) is 5.90 Å². The molecule has 0 aromatic heterocycles. The first-order valence-electron chi connectivity index (χ1n) is 12.5. The standard InChI is InChI=1S/C30H33NO3/c1-2-3-4-5-6-7-8-11-21-33-26-19-17-24(18-20-26)29-31-28(30(32)34-29)22-25-15-12-14-23-13-9-10-16-27(23)25/h9-10,12-20,22H,2-8,11,21H2,1H3/b28-22+. The summed E-state index contributed by atoms with van der Waals surface area (Å²) in [6.07, 6.45) is 12.0. The molecule has 0 saturated carbocycles. The van der Waals surface area contributed by atoms with Crippen LogP contribution >= 0.6 is 0 Å². The van der Waals surface area contributed by atoms with Gasteiger partial charge in [-0.25, -0.2) is 9.79 Å². The van der Waals surface area contributed by atoms with Crippen LogP contribution in [0, 0.1) is 0 Å². The van der Waals surface area contributed by atoms with E-state index in [0.29, 0.717) is 11.6 Å². The number of esters is 1. The summed E-state index contributed by atoms with van der Waals surface area (Å²) >= 11 is 0. The molecule has 0 radical (unpaired) electrons. The van der Waals surface area contributed by atoms with Crippen LogP contribution in [0.15, 0.2) is 77.4 Å². The van der Waals surface area contributed by atoms with E-state index in [1.807, 2.05) is 54.6 Å². The molecule has 0 amide bonds. The molecule has 1 aliphatic rings. The van der Waals surface area contributed by atoms with Crippen LogP contribution in [-0.2, 0) is 9.53 Å². The highest BCUT2D eigenvalue weighted by molar-refractivity contribution is 6.13. The zero-order valence-corrected chi connectivity index (χ0v) is 20.0. The lowest BCUT2D eigenvalue weighted by Gasteiger charge is -2.07. The van der Waals surface area contributed by atoms with Gasteiger partial charge in [-0.2, -0.15) is 0 Å². The van der Waals surface area contributed by atoms with Crippen LogP contribution in [0.2, 0.25) is 0 Å². The predicted octanol–water partition coefficient (Wildman–Crippen LogP) is 7.70. The molecule has 4 rings (SSSR count). The Morgan fingerprint density at radius 2 is 1.53 bits per heavy atom. The molecular weight excluding hydrogens is 422 g/mol. The number of hydrogen-bond donors (Lipinski definition) is 0. The minimum Gasteiger partial charge on any atom is -0.494 e. The predicted molar refractivity (Wildman–Crippen MR) is 139 cm³/mol. The van der Waals surface area contributed by atoms with Crippen LogP contribution in [0.1, 0.15) is 69.4 Å². The summed E-state index contributed by atoms with van der Waals surface area (Å²) in [5, 5.41) is 2.20. The third-order valence-electron chi connectivity index (χ3n) is 6.10.